The van der Waals surface area contributed by atoms with Gasteiger partial charge in [-0.05, 0) is 46.7 Å². The Morgan fingerprint density at radius 2 is 1.62 bits per heavy atom. The first-order chi connectivity index (χ1) is 12.3. The molecule has 0 fully saturated rings. The molecule has 0 spiro atoms. The van der Waals surface area contributed by atoms with Crippen LogP contribution in [0.4, 0.5) is 0 Å². The van der Waals surface area contributed by atoms with Gasteiger partial charge in [-0.2, -0.15) is 0 Å². The third-order valence-electron chi connectivity index (χ3n) is 4.39. The fourth-order valence-electron chi connectivity index (χ4n) is 2.77. The molecule has 0 amide bonds. The fraction of sp³-hybridized carbons (Fsp3) is 0.227. The molecule has 2 aromatic carbocycles. The summed E-state index contributed by atoms with van der Waals surface area (Å²) in [5, 5.41) is 7.79. The van der Waals surface area contributed by atoms with Crippen LogP contribution in [0.25, 0.3) is 12.2 Å². The zero-order chi connectivity index (χ0) is 18.7. The van der Waals surface area contributed by atoms with Crippen LogP contribution in [0, 0.1) is 0 Å². The third kappa shape index (κ3) is 4.36. The van der Waals surface area contributed by atoms with Crippen molar-refractivity contribution in [1.82, 2.24) is 10.2 Å². The Labute approximate surface area is 158 Å². The number of H-pyrrole nitrogens is 2. The van der Waals surface area contributed by atoms with E-state index in [1.165, 1.54) is 5.56 Å². The van der Waals surface area contributed by atoms with Crippen molar-refractivity contribution in [2.75, 3.05) is 0 Å². The highest BCUT2D eigenvalue weighted by atomic mass is 35.5. The highest BCUT2D eigenvalue weighted by molar-refractivity contribution is 6.30. The SMILES string of the molecule is CC(C)(C)c1ccc(/C=c2/c(=O)[nH][nH]/c2=C\Cc2ccc(Cl)cc2)cc1. The molecule has 3 rings (SSSR count). The first-order valence-corrected chi connectivity index (χ1v) is 9.04. The monoisotopic (exact) mass is 366 g/mol. The lowest BCUT2D eigenvalue weighted by Gasteiger charge is -2.18. The summed E-state index contributed by atoms with van der Waals surface area (Å²) in [6.45, 7) is 6.56. The van der Waals surface area contributed by atoms with Gasteiger partial charge in [0.1, 0.15) is 0 Å². The Balaban J connectivity index is 1.94. The third-order valence-corrected chi connectivity index (χ3v) is 4.64. The van der Waals surface area contributed by atoms with Gasteiger partial charge < -0.3 is 0 Å². The molecular weight excluding hydrogens is 344 g/mol. The maximum absolute atomic E-state index is 12.2. The lowest BCUT2D eigenvalue weighted by Crippen LogP contribution is -2.33. The van der Waals surface area contributed by atoms with Gasteiger partial charge in [-0.25, -0.2) is 0 Å². The number of hydrogen-bond acceptors (Lipinski definition) is 1. The second-order valence-electron chi connectivity index (χ2n) is 7.46. The average Bonchev–Trinajstić information content (AvgIpc) is 2.94. The molecule has 134 valence electrons. The maximum Gasteiger partial charge on any atom is 0.271 e. The molecule has 0 unspecified atom stereocenters. The summed E-state index contributed by atoms with van der Waals surface area (Å²) in [7, 11) is 0. The molecule has 0 aliphatic heterocycles. The van der Waals surface area contributed by atoms with Crippen molar-refractivity contribution in [3.8, 4) is 0 Å². The first-order valence-electron chi connectivity index (χ1n) is 8.66. The van der Waals surface area contributed by atoms with E-state index < -0.39 is 0 Å². The topological polar surface area (TPSA) is 48.6 Å². The molecule has 3 aromatic rings. The van der Waals surface area contributed by atoms with E-state index >= 15 is 0 Å². The van der Waals surface area contributed by atoms with Crippen molar-refractivity contribution < 1.29 is 0 Å². The van der Waals surface area contributed by atoms with Gasteiger partial charge in [0, 0.05) is 5.02 Å². The second kappa shape index (κ2) is 7.38. The van der Waals surface area contributed by atoms with Gasteiger partial charge in [-0.1, -0.05) is 74.8 Å². The van der Waals surface area contributed by atoms with E-state index in [-0.39, 0.29) is 11.0 Å². The highest BCUT2D eigenvalue weighted by Crippen LogP contribution is 2.22. The van der Waals surface area contributed by atoms with Crippen LogP contribution in [0.5, 0.6) is 0 Å². The standard InChI is InChI=1S/C22H23ClN2O/c1-22(2,3)17-9-4-16(5-10-17)14-19-20(24-25-21(19)26)13-8-15-6-11-18(23)12-7-15/h4-7,9-14,24H,8H2,1-3H3,(H,25,26)/b19-14+,20-13-. The number of aromatic amines is 2. The van der Waals surface area contributed by atoms with Crippen LogP contribution in [0.2, 0.25) is 5.02 Å². The van der Waals surface area contributed by atoms with Gasteiger partial charge in [-0.3, -0.25) is 15.0 Å². The predicted molar refractivity (Wildman–Crippen MR) is 109 cm³/mol. The Hall–Kier alpha value is -2.52. The Kier molecular flexibility index (Phi) is 5.19. The summed E-state index contributed by atoms with van der Waals surface area (Å²) < 4.78 is 0. The highest BCUT2D eigenvalue weighted by Gasteiger charge is 2.12. The maximum atomic E-state index is 12.2. The van der Waals surface area contributed by atoms with E-state index in [2.05, 4.69) is 55.2 Å². The van der Waals surface area contributed by atoms with Crippen LogP contribution in [0.15, 0.2) is 53.3 Å². The van der Waals surface area contributed by atoms with Crippen molar-refractivity contribution in [3.05, 3.63) is 91.2 Å². The molecular formula is C22H23ClN2O. The zero-order valence-electron chi connectivity index (χ0n) is 15.3. The van der Waals surface area contributed by atoms with E-state index in [0.29, 0.717) is 5.22 Å². The molecule has 0 atom stereocenters. The average molecular weight is 367 g/mol. The van der Waals surface area contributed by atoms with Crippen LogP contribution in [0.3, 0.4) is 0 Å². The number of rotatable bonds is 3. The minimum absolute atomic E-state index is 0.113. The van der Waals surface area contributed by atoms with E-state index in [9.17, 15) is 4.79 Å². The van der Waals surface area contributed by atoms with Gasteiger partial charge in [0.2, 0.25) is 0 Å². The Morgan fingerprint density at radius 1 is 0.962 bits per heavy atom. The molecule has 0 saturated heterocycles. The first kappa shape index (κ1) is 18.3. The van der Waals surface area contributed by atoms with Gasteiger partial charge in [0.05, 0.1) is 10.6 Å². The van der Waals surface area contributed by atoms with Gasteiger partial charge in [0.25, 0.3) is 5.56 Å². The molecule has 1 aromatic heterocycles. The Bertz CT molecular complexity index is 1050. The molecule has 0 saturated carbocycles. The summed E-state index contributed by atoms with van der Waals surface area (Å²) in [4.78, 5) is 12.2. The number of benzene rings is 2. The number of halogens is 1. The van der Waals surface area contributed by atoms with E-state index in [1.807, 2.05) is 36.4 Å². The van der Waals surface area contributed by atoms with Crippen molar-refractivity contribution in [2.24, 2.45) is 0 Å². The van der Waals surface area contributed by atoms with E-state index in [0.717, 1.165) is 27.9 Å². The van der Waals surface area contributed by atoms with Crippen LogP contribution in [-0.4, -0.2) is 10.2 Å². The summed E-state index contributed by atoms with van der Waals surface area (Å²) in [6.07, 6.45) is 4.64. The van der Waals surface area contributed by atoms with Crippen molar-refractivity contribution >= 4 is 23.8 Å². The van der Waals surface area contributed by atoms with E-state index in [1.54, 1.807) is 0 Å². The molecule has 2 N–H and O–H groups in total. The largest absolute Gasteiger partial charge is 0.298 e. The van der Waals surface area contributed by atoms with Crippen molar-refractivity contribution in [2.45, 2.75) is 32.6 Å². The molecule has 0 aliphatic carbocycles. The van der Waals surface area contributed by atoms with Gasteiger partial charge >= 0.3 is 0 Å². The lowest BCUT2D eigenvalue weighted by molar-refractivity contribution is 0.590. The second-order valence-corrected chi connectivity index (χ2v) is 7.89. The number of nitrogens with one attached hydrogen (secondary N) is 2. The molecule has 26 heavy (non-hydrogen) atoms. The predicted octanol–water partition coefficient (Wildman–Crippen LogP) is 3.51. The molecule has 4 heteroatoms. The van der Waals surface area contributed by atoms with Crippen LogP contribution in [-0.2, 0) is 11.8 Å². The minimum atomic E-state index is -0.118. The van der Waals surface area contributed by atoms with Gasteiger partial charge in [-0.15, -0.1) is 0 Å². The molecule has 3 nitrogen and oxygen atoms in total. The normalized spacial score (nSPS) is 13.4. The molecule has 1 heterocycles. The van der Waals surface area contributed by atoms with Crippen molar-refractivity contribution in [1.29, 1.82) is 0 Å². The number of aromatic nitrogens is 2. The van der Waals surface area contributed by atoms with Gasteiger partial charge in [0.15, 0.2) is 0 Å². The summed E-state index contributed by atoms with van der Waals surface area (Å²) in [6, 6.07) is 16.0. The molecule has 0 bridgehead atoms. The Morgan fingerprint density at radius 3 is 2.23 bits per heavy atom. The molecule has 0 aliphatic rings. The minimum Gasteiger partial charge on any atom is -0.298 e. The van der Waals surface area contributed by atoms with Crippen LogP contribution >= 0.6 is 11.6 Å². The summed E-state index contributed by atoms with van der Waals surface area (Å²) >= 11 is 5.92. The van der Waals surface area contributed by atoms with Crippen LogP contribution < -0.4 is 16.1 Å². The molecule has 0 radical (unpaired) electrons. The van der Waals surface area contributed by atoms with Crippen molar-refractivity contribution in [3.63, 3.8) is 0 Å². The number of hydrogen-bond donors (Lipinski definition) is 2. The lowest BCUT2D eigenvalue weighted by atomic mass is 9.87. The quantitative estimate of drug-likeness (QED) is 0.732. The fourth-order valence-corrected chi connectivity index (χ4v) is 2.90. The smallest absolute Gasteiger partial charge is 0.271 e. The summed E-state index contributed by atoms with van der Waals surface area (Å²) in [5.74, 6) is 0. The van der Waals surface area contributed by atoms with E-state index in [4.69, 9.17) is 11.6 Å². The zero-order valence-corrected chi connectivity index (χ0v) is 16.0. The summed E-state index contributed by atoms with van der Waals surface area (Å²) in [5.41, 5.74) is 3.40. The van der Waals surface area contributed by atoms with Crippen LogP contribution in [0.1, 0.15) is 37.5 Å².